The van der Waals surface area contributed by atoms with Crippen molar-refractivity contribution >= 4 is 22.8 Å². The van der Waals surface area contributed by atoms with Gasteiger partial charge < -0.3 is 14.4 Å². The molecule has 1 aromatic heterocycles. The van der Waals surface area contributed by atoms with Crippen molar-refractivity contribution in [3.63, 3.8) is 0 Å². The maximum absolute atomic E-state index is 12.7. The topological polar surface area (TPSA) is 90.7 Å². The summed E-state index contributed by atoms with van der Waals surface area (Å²) in [5.74, 6) is 0.00695. The molecule has 166 valence electrons. The maximum atomic E-state index is 12.7. The van der Waals surface area contributed by atoms with Crippen LogP contribution >= 0.6 is 0 Å². The summed E-state index contributed by atoms with van der Waals surface area (Å²) in [5, 5.41) is 0.497. The quantitative estimate of drug-likeness (QED) is 0.480. The van der Waals surface area contributed by atoms with Gasteiger partial charge in [0.1, 0.15) is 5.75 Å². The molecule has 0 N–H and O–H groups in total. The lowest BCUT2D eigenvalue weighted by atomic mass is 10.2. The zero-order valence-corrected chi connectivity index (χ0v) is 17.9. The normalized spacial score (nSPS) is 13.0. The molecule has 8 heteroatoms. The van der Waals surface area contributed by atoms with Crippen LogP contribution in [0.15, 0.2) is 59.7 Å². The molecule has 0 spiro atoms. The van der Waals surface area contributed by atoms with Gasteiger partial charge in [0.05, 0.1) is 30.8 Å². The number of rotatable bonds is 9. The van der Waals surface area contributed by atoms with E-state index >= 15 is 0 Å². The molecule has 2 aromatic carbocycles. The Morgan fingerprint density at radius 2 is 1.88 bits per heavy atom. The lowest BCUT2D eigenvalue weighted by molar-refractivity contribution is -0.152. The van der Waals surface area contributed by atoms with E-state index in [0.29, 0.717) is 17.4 Å². The number of hydrogen-bond donors (Lipinski definition) is 0. The number of carbonyl (C=O) groups excluding carboxylic acids is 2. The number of fused-ring (bicyclic) bond motifs is 1. The fourth-order valence-electron chi connectivity index (χ4n) is 3.51. The molecule has 32 heavy (non-hydrogen) atoms. The van der Waals surface area contributed by atoms with Crippen LogP contribution in [0.25, 0.3) is 10.9 Å². The summed E-state index contributed by atoms with van der Waals surface area (Å²) in [6, 6.07) is 14.8. The van der Waals surface area contributed by atoms with E-state index in [1.165, 1.54) is 10.9 Å². The molecule has 1 aliphatic rings. The van der Waals surface area contributed by atoms with Gasteiger partial charge in [-0.15, -0.1) is 0 Å². The van der Waals surface area contributed by atoms with Gasteiger partial charge in [-0.25, -0.2) is 4.98 Å². The highest BCUT2D eigenvalue weighted by Crippen LogP contribution is 2.28. The third kappa shape index (κ3) is 5.14. The summed E-state index contributed by atoms with van der Waals surface area (Å²) in [6.07, 6.45) is 3.31. The van der Waals surface area contributed by atoms with Crippen LogP contribution in [0.5, 0.6) is 5.75 Å². The monoisotopic (exact) mass is 435 g/mol. The fraction of sp³-hybridized carbons (Fsp3) is 0.333. The van der Waals surface area contributed by atoms with Crippen LogP contribution in [-0.2, 0) is 27.4 Å². The van der Waals surface area contributed by atoms with E-state index in [4.69, 9.17) is 9.47 Å². The van der Waals surface area contributed by atoms with Crippen molar-refractivity contribution in [3.8, 4) is 5.75 Å². The van der Waals surface area contributed by atoms with Crippen LogP contribution in [0.2, 0.25) is 0 Å². The molecular formula is C24H25N3O5. The Morgan fingerprint density at radius 1 is 1.12 bits per heavy atom. The zero-order chi connectivity index (χ0) is 22.5. The number of para-hydroxylation sites is 1. The first-order chi connectivity index (χ1) is 15.5. The molecule has 0 unspecified atom stereocenters. The van der Waals surface area contributed by atoms with Crippen LogP contribution in [-0.4, -0.2) is 46.1 Å². The molecule has 0 radical (unpaired) electrons. The summed E-state index contributed by atoms with van der Waals surface area (Å²) < 4.78 is 11.7. The van der Waals surface area contributed by atoms with Gasteiger partial charge in [-0.1, -0.05) is 24.3 Å². The molecule has 1 aliphatic carbocycles. The standard InChI is InChI=1S/C24H25N3O5/c1-31-19-10-6-17(7-11-19)14-27(18-8-9-18)22(28)15-32-23(29)12-13-26-16-25-21-5-3-2-4-20(21)24(26)30/h2-7,10-11,16,18H,8-9,12-15H2,1H3. The lowest BCUT2D eigenvalue weighted by Gasteiger charge is -2.22. The first-order valence-electron chi connectivity index (χ1n) is 10.6. The Hall–Kier alpha value is -3.68. The molecule has 1 saturated carbocycles. The van der Waals surface area contributed by atoms with Gasteiger partial charge in [-0.05, 0) is 42.7 Å². The number of aryl methyl sites for hydroxylation is 1. The molecule has 3 aromatic rings. The van der Waals surface area contributed by atoms with Crippen molar-refractivity contribution in [2.45, 2.75) is 38.4 Å². The molecule has 0 aliphatic heterocycles. The second-order valence-corrected chi connectivity index (χ2v) is 7.77. The fourth-order valence-corrected chi connectivity index (χ4v) is 3.51. The highest BCUT2D eigenvalue weighted by atomic mass is 16.5. The van der Waals surface area contributed by atoms with E-state index in [9.17, 15) is 14.4 Å². The van der Waals surface area contributed by atoms with E-state index in [1.807, 2.05) is 30.3 Å². The van der Waals surface area contributed by atoms with Gasteiger partial charge in [-0.3, -0.25) is 19.0 Å². The van der Waals surface area contributed by atoms with Crippen molar-refractivity contribution < 1.29 is 19.1 Å². The summed E-state index contributed by atoms with van der Waals surface area (Å²) in [5.41, 5.74) is 1.39. The van der Waals surface area contributed by atoms with Crippen LogP contribution < -0.4 is 10.3 Å². The van der Waals surface area contributed by atoms with Crippen LogP contribution in [0.3, 0.4) is 0 Å². The van der Waals surface area contributed by atoms with E-state index in [1.54, 1.807) is 30.2 Å². The first-order valence-corrected chi connectivity index (χ1v) is 10.6. The number of ether oxygens (including phenoxy) is 2. The van der Waals surface area contributed by atoms with E-state index in [0.717, 1.165) is 24.2 Å². The molecule has 0 atom stereocenters. The molecule has 0 saturated heterocycles. The Bertz CT molecular complexity index is 1170. The Balaban J connectivity index is 1.30. The molecule has 1 amide bonds. The van der Waals surface area contributed by atoms with E-state index in [-0.39, 0.29) is 37.1 Å². The van der Waals surface area contributed by atoms with Gasteiger partial charge in [0.25, 0.3) is 11.5 Å². The molecule has 4 rings (SSSR count). The number of benzene rings is 2. The Morgan fingerprint density at radius 3 is 2.59 bits per heavy atom. The van der Waals surface area contributed by atoms with Crippen molar-refractivity contribution in [2.24, 2.45) is 0 Å². The van der Waals surface area contributed by atoms with Gasteiger partial charge in [0, 0.05) is 19.1 Å². The smallest absolute Gasteiger partial charge is 0.308 e. The molecule has 1 fully saturated rings. The third-order valence-corrected chi connectivity index (χ3v) is 5.46. The second-order valence-electron chi connectivity index (χ2n) is 7.77. The Kier molecular flexibility index (Phi) is 6.49. The van der Waals surface area contributed by atoms with Crippen molar-refractivity contribution in [2.75, 3.05) is 13.7 Å². The SMILES string of the molecule is COc1ccc(CN(C(=O)COC(=O)CCn2cnc3ccccc3c2=O)C2CC2)cc1. The van der Waals surface area contributed by atoms with E-state index < -0.39 is 5.97 Å². The average molecular weight is 435 g/mol. The first kappa shape index (κ1) is 21.5. The number of carbonyl (C=O) groups is 2. The molecule has 8 nitrogen and oxygen atoms in total. The predicted molar refractivity (Wildman–Crippen MR) is 118 cm³/mol. The summed E-state index contributed by atoms with van der Waals surface area (Å²) in [7, 11) is 1.61. The number of esters is 1. The maximum Gasteiger partial charge on any atom is 0.308 e. The molecular weight excluding hydrogens is 410 g/mol. The lowest BCUT2D eigenvalue weighted by Crippen LogP contribution is -2.36. The van der Waals surface area contributed by atoms with Crippen LogP contribution in [0, 0.1) is 0 Å². The largest absolute Gasteiger partial charge is 0.497 e. The summed E-state index contributed by atoms with van der Waals surface area (Å²) in [4.78, 5) is 43.4. The van der Waals surface area contributed by atoms with Crippen LogP contribution in [0.4, 0.5) is 0 Å². The average Bonchev–Trinajstić information content (AvgIpc) is 3.66. The highest BCUT2D eigenvalue weighted by Gasteiger charge is 2.32. The minimum Gasteiger partial charge on any atom is -0.497 e. The summed E-state index contributed by atoms with van der Waals surface area (Å²) >= 11 is 0. The van der Waals surface area contributed by atoms with Gasteiger partial charge >= 0.3 is 5.97 Å². The van der Waals surface area contributed by atoms with Crippen molar-refractivity contribution in [1.29, 1.82) is 0 Å². The number of methoxy groups -OCH3 is 1. The molecule has 1 heterocycles. The third-order valence-electron chi connectivity index (χ3n) is 5.46. The van der Waals surface area contributed by atoms with Gasteiger partial charge in [-0.2, -0.15) is 0 Å². The Labute approximate surface area is 185 Å². The van der Waals surface area contributed by atoms with Crippen molar-refractivity contribution in [3.05, 3.63) is 70.8 Å². The summed E-state index contributed by atoms with van der Waals surface area (Å²) in [6.45, 7) is 0.293. The zero-order valence-electron chi connectivity index (χ0n) is 17.9. The molecule has 0 bridgehead atoms. The minimum absolute atomic E-state index is 0.0187. The number of nitrogens with zero attached hydrogens (tertiary/aromatic N) is 3. The minimum atomic E-state index is -0.529. The van der Waals surface area contributed by atoms with Crippen molar-refractivity contribution in [1.82, 2.24) is 14.5 Å². The second kappa shape index (κ2) is 9.64. The highest BCUT2D eigenvalue weighted by molar-refractivity contribution is 5.81. The van der Waals surface area contributed by atoms with Gasteiger partial charge in [0.2, 0.25) is 0 Å². The number of aromatic nitrogens is 2. The van der Waals surface area contributed by atoms with E-state index in [2.05, 4.69) is 4.98 Å². The number of hydrogen-bond acceptors (Lipinski definition) is 6. The van der Waals surface area contributed by atoms with Gasteiger partial charge in [0.15, 0.2) is 6.61 Å². The number of amides is 1. The van der Waals surface area contributed by atoms with Crippen LogP contribution in [0.1, 0.15) is 24.8 Å². The predicted octanol–water partition coefficient (Wildman–Crippen LogP) is 2.53.